The minimum atomic E-state index is -0.362. The number of fused-ring (bicyclic) bond motifs is 3. The maximum atomic E-state index is 11.8. The highest BCUT2D eigenvalue weighted by atomic mass is 16.5. The van der Waals surface area contributed by atoms with E-state index in [0.717, 1.165) is 21.9 Å². The van der Waals surface area contributed by atoms with Gasteiger partial charge in [0.1, 0.15) is 11.2 Å². The molecule has 3 aromatic rings. The zero-order valence-electron chi connectivity index (χ0n) is 12.8. The molecule has 118 valence electrons. The summed E-state index contributed by atoms with van der Waals surface area (Å²) in [5, 5.41) is 4.65. The fraction of sp³-hybridized carbons (Fsp3) is 0.222. The lowest BCUT2D eigenvalue weighted by atomic mass is 10.1. The van der Waals surface area contributed by atoms with E-state index in [0.29, 0.717) is 18.5 Å². The molecule has 1 amide bonds. The number of esters is 1. The van der Waals surface area contributed by atoms with Gasteiger partial charge in [0.25, 0.3) is 5.91 Å². The molecule has 0 unspecified atom stereocenters. The summed E-state index contributed by atoms with van der Waals surface area (Å²) < 4.78 is 10.6. The monoisotopic (exact) mass is 311 g/mol. The number of carbonyl (C=O) groups is 2. The first-order valence-electron chi connectivity index (χ1n) is 7.54. The van der Waals surface area contributed by atoms with Gasteiger partial charge in [-0.15, -0.1) is 0 Å². The summed E-state index contributed by atoms with van der Waals surface area (Å²) in [7, 11) is 0. The summed E-state index contributed by atoms with van der Waals surface area (Å²) in [6, 6.07) is 13.2. The average molecular weight is 311 g/mol. The SMILES string of the molecule is CCCC(=O)OCC(=O)Nc1ccc2oc3ccccc3c2c1. The highest BCUT2D eigenvalue weighted by Crippen LogP contribution is 2.30. The fourth-order valence-corrected chi connectivity index (χ4v) is 2.42. The molecule has 0 saturated carbocycles. The number of para-hydroxylation sites is 1. The predicted octanol–water partition coefficient (Wildman–Crippen LogP) is 3.87. The normalized spacial score (nSPS) is 10.8. The number of rotatable bonds is 5. The molecule has 5 nitrogen and oxygen atoms in total. The van der Waals surface area contributed by atoms with Crippen LogP contribution in [0.2, 0.25) is 0 Å². The Morgan fingerprint density at radius 3 is 2.70 bits per heavy atom. The molecule has 0 aliphatic heterocycles. The molecule has 0 radical (unpaired) electrons. The van der Waals surface area contributed by atoms with Crippen molar-refractivity contribution in [2.24, 2.45) is 0 Å². The Morgan fingerprint density at radius 2 is 1.87 bits per heavy atom. The van der Waals surface area contributed by atoms with Crippen LogP contribution in [0.5, 0.6) is 0 Å². The van der Waals surface area contributed by atoms with Gasteiger partial charge in [-0.25, -0.2) is 0 Å². The third-order valence-corrected chi connectivity index (χ3v) is 3.48. The quantitative estimate of drug-likeness (QED) is 0.726. The van der Waals surface area contributed by atoms with E-state index < -0.39 is 0 Å². The maximum absolute atomic E-state index is 11.8. The summed E-state index contributed by atoms with van der Waals surface area (Å²) in [6.45, 7) is 1.61. The van der Waals surface area contributed by atoms with E-state index in [1.807, 2.05) is 43.3 Å². The van der Waals surface area contributed by atoms with Crippen LogP contribution in [0.4, 0.5) is 5.69 Å². The summed E-state index contributed by atoms with van der Waals surface area (Å²) in [4.78, 5) is 23.1. The Balaban J connectivity index is 1.74. The first kappa shape index (κ1) is 15.1. The average Bonchev–Trinajstić information content (AvgIpc) is 2.91. The molecule has 5 heteroatoms. The third kappa shape index (κ3) is 3.34. The Labute approximate surface area is 133 Å². The number of ether oxygens (including phenoxy) is 1. The van der Waals surface area contributed by atoms with Crippen LogP contribution in [0.1, 0.15) is 19.8 Å². The molecule has 0 atom stereocenters. The maximum Gasteiger partial charge on any atom is 0.306 e. The highest BCUT2D eigenvalue weighted by molar-refractivity contribution is 6.07. The van der Waals surface area contributed by atoms with E-state index in [2.05, 4.69) is 5.32 Å². The van der Waals surface area contributed by atoms with E-state index in [4.69, 9.17) is 9.15 Å². The van der Waals surface area contributed by atoms with Crippen LogP contribution < -0.4 is 5.32 Å². The third-order valence-electron chi connectivity index (χ3n) is 3.48. The van der Waals surface area contributed by atoms with Gasteiger partial charge in [-0.1, -0.05) is 25.1 Å². The lowest BCUT2D eigenvalue weighted by molar-refractivity contribution is -0.147. The lowest BCUT2D eigenvalue weighted by Gasteiger charge is -2.06. The van der Waals surface area contributed by atoms with Gasteiger partial charge in [0.05, 0.1) is 0 Å². The number of nitrogens with one attached hydrogen (secondary N) is 1. The highest BCUT2D eigenvalue weighted by Gasteiger charge is 2.10. The topological polar surface area (TPSA) is 68.5 Å². The second-order valence-corrected chi connectivity index (χ2v) is 5.27. The van der Waals surface area contributed by atoms with Crippen molar-refractivity contribution >= 4 is 39.5 Å². The number of carbonyl (C=O) groups excluding carboxylic acids is 2. The van der Waals surface area contributed by atoms with Crippen molar-refractivity contribution in [3.8, 4) is 0 Å². The van der Waals surface area contributed by atoms with Gasteiger partial charge in [-0.05, 0) is 30.7 Å². The van der Waals surface area contributed by atoms with E-state index in [1.54, 1.807) is 6.07 Å². The first-order chi connectivity index (χ1) is 11.2. The molecule has 0 bridgehead atoms. The van der Waals surface area contributed by atoms with Crippen molar-refractivity contribution in [2.75, 3.05) is 11.9 Å². The van der Waals surface area contributed by atoms with Crippen LogP contribution in [0, 0.1) is 0 Å². The standard InChI is InChI=1S/C18H17NO4/c1-2-5-18(21)22-11-17(20)19-12-8-9-16-14(10-12)13-6-3-4-7-15(13)23-16/h3-4,6-10H,2,5,11H2,1H3,(H,19,20). The second kappa shape index (κ2) is 6.52. The van der Waals surface area contributed by atoms with Crippen molar-refractivity contribution in [3.63, 3.8) is 0 Å². The zero-order valence-corrected chi connectivity index (χ0v) is 12.8. The van der Waals surface area contributed by atoms with E-state index in [9.17, 15) is 9.59 Å². The van der Waals surface area contributed by atoms with Gasteiger partial charge >= 0.3 is 5.97 Å². The van der Waals surface area contributed by atoms with Gasteiger partial charge in [0, 0.05) is 22.9 Å². The van der Waals surface area contributed by atoms with Gasteiger partial charge in [0.2, 0.25) is 0 Å². The van der Waals surface area contributed by atoms with Crippen molar-refractivity contribution in [2.45, 2.75) is 19.8 Å². The summed E-state index contributed by atoms with van der Waals surface area (Å²) in [5.41, 5.74) is 2.21. The van der Waals surface area contributed by atoms with Crippen LogP contribution in [0.3, 0.4) is 0 Å². The van der Waals surface area contributed by atoms with Gasteiger partial charge in [-0.3, -0.25) is 9.59 Å². The molecule has 0 aliphatic rings. The molecule has 0 fully saturated rings. The number of benzene rings is 2. The molecule has 1 heterocycles. The largest absolute Gasteiger partial charge is 0.456 e. The minimum absolute atomic E-state index is 0.275. The summed E-state index contributed by atoms with van der Waals surface area (Å²) in [5.74, 6) is -0.722. The van der Waals surface area contributed by atoms with Crippen LogP contribution >= 0.6 is 0 Å². The molecule has 0 spiro atoms. The van der Waals surface area contributed by atoms with Crippen molar-refractivity contribution in [3.05, 3.63) is 42.5 Å². The minimum Gasteiger partial charge on any atom is -0.456 e. The van der Waals surface area contributed by atoms with E-state index >= 15 is 0 Å². The number of hydrogen-bond donors (Lipinski definition) is 1. The smallest absolute Gasteiger partial charge is 0.306 e. The van der Waals surface area contributed by atoms with Crippen LogP contribution in [0.15, 0.2) is 46.9 Å². The van der Waals surface area contributed by atoms with Crippen molar-refractivity contribution in [1.29, 1.82) is 0 Å². The molecule has 23 heavy (non-hydrogen) atoms. The number of amides is 1. The summed E-state index contributed by atoms with van der Waals surface area (Å²) >= 11 is 0. The van der Waals surface area contributed by atoms with E-state index in [-0.39, 0.29) is 18.5 Å². The van der Waals surface area contributed by atoms with Gasteiger partial charge in [0.15, 0.2) is 6.61 Å². The fourth-order valence-electron chi connectivity index (χ4n) is 2.42. The molecule has 2 aromatic carbocycles. The Hall–Kier alpha value is -2.82. The van der Waals surface area contributed by atoms with Crippen LogP contribution in [-0.4, -0.2) is 18.5 Å². The van der Waals surface area contributed by atoms with Crippen molar-refractivity contribution in [1.82, 2.24) is 0 Å². The van der Waals surface area contributed by atoms with Crippen molar-refractivity contribution < 1.29 is 18.7 Å². The molecule has 1 N–H and O–H groups in total. The van der Waals surface area contributed by atoms with Gasteiger partial charge < -0.3 is 14.5 Å². The molecular formula is C18H17NO4. The molecule has 3 rings (SSSR count). The number of hydrogen-bond acceptors (Lipinski definition) is 4. The Kier molecular flexibility index (Phi) is 4.28. The molecule has 0 aliphatic carbocycles. The Bertz CT molecular complexity index is 866. The van der Waals surface area contributed by atoms with E-state index in [1.165, 1.54) is 0 Å². The zero-order chi connectivity index (χ0) is 16.2. The molecule has 0 saturated heterocycles. The molecular weight excluding hydrogens is 294 g/mol. The molecule has 1 aromatic heterocycles. The van der Waals surface area contributed by atoms with Gasteiger partial charge in [-0.2, -0.15) is 0 Å². The second-order valence-electron chi connectivity index (χ2n) is 5.27. The Morgan fingerprint density at radius 1 is 1.09 bits per heavy atom. The van der Waals surface area contributed by atoms with Crippen LogP contribution in [0.25, 0.3) is 21.9 Å². The van der Waals surface area contributed by atoms with Crippen LogP contribution in [-0.2, 0) is 14.3 Å². The number of furan rings is 1. The summed E-state index contributed by atoms with van der Waals surface area (Å²) in [6.07, 6.45) is 1.02. The number of anilines is 1. The predicted molar refractivity (Wildman–Crippen MR) is 88.2 cm³/mol. The lowest BCUT2D eigenvalue weighted by Crippen LogP contribution is -2.20. The first-order valence-corrected chi connectivity index (χ1v) is 7.54.